The molecule has 1 aromatic rings. The van der Waals surface area contributed by atoms with Crippen LogP contribution >= 0.6 is 15.9 Å². The number of nitro groups is 1. The molecule has 0 N–H and O–H groups in total. The van der Waals surface area contributed by atoms with Gasteiger partial charge >= 0.3 is 0 Å². The van der Waals surface area contributed by atoms with E-state index in [1.165, 1.54) is 11.0 Å². The van der Waals surface area contributed by atoms with Crippen molar-refractivity contribution in [3.63, 3.8) is 0 Å². The molecule has 1 aliphatic rings. The summed E-state index contributed by atoms with van der Waals surface area (Å²) in [6.07, 6.45) is 0.220. The Bertz CT molecular complexity index is 614. The van der Waals surface area contributed by atoms with Crippen LogP contribution in [0.4, 0.5) is 11.4 Å². The van der Waals surface area contributed by atoms with Crippen LogP contribution in [-0.4, -0.2) is 23.9 Å². The fourth-order valence-electron chi connectivity index (χ4n) is 2.19. The van der Waals surface area contributed by atoms with Crippen LogP contribution in [-0.2, 0) is 4.79 Å². The van der Waals surface area contributed by atoms with Gasteiger partial charge in [0.1, 0.15) is 5.69 Å². The normalized spacial score (nSPS) is 17.9. The molecule has 1 saturated heterocycles. The van der Waals surface area contributed by atoms with E-state index in [9.17, 15) is 14.9 Å². The molecule has 2 rings (SSSR count). The minimum absolute atomic E-state index is 0.120. The van der Waals surface area contributed by atoms with Gasteiger partial charge in [0.25, 0.3) is 5.69 Å². The largest absolute Gasteiger partial charge is 0.305 e. The van der Waals surface area contributed by atoms with Crippen molar-refractivity contribution in [3.8, 4) is 0 Å². The van der Waals surface area contributed by atoms with E-state index in [1.54, 1.807) is 12.1 Å². The molecule has 1 fully saturated rings. The number of halogens is 1. The van der Waals surface area contributed by atoms with Gasteiger partial charge in [-0.2, -0.15) is 0 Å². The van der Waals surface area contributed by atoms with Crippen LogP contribution in [0, 0.1) is 16.0 Å². The lowest BCUT2D eigenvalue weighted by Crippen LogP contribution is -2.26. The maximum absolute atomic E-state index is 12.0. The quantitative estimate of drug-likeness (QED) is 0.276. The Hall–Kier alpha value is -2.12. The minimum atomic E-state index is -0.520. The second kappa shape index (κ2) is 5.89. The molecule has 9 heteroatoms. The molecule has 1 aliphatic heterocycles. The van der Waals surface area contributed by atoms with Crippen molar-refractivity contribution in [1.29, 1.82) is 0 Å². The summed E-state index contributed by atoms with van der Waals surface area (Å²) in [5.74, 6) is -0.330. The molecule has 1 aromatic carbocycles. The summed E-state index contributed by atoms with van der Waals surface area (Å²) in [7, 11) is 0. The van der Waals surface area contributed by atoms with Gasteiger partial charge in [-0.25, -0.2) is 0 Å². The molecule has 0 spiro atoms. The third-order valence-corrected chi connectivity index (χ3v) is 3.68. The van der Waals surface area contributed by atoms with Crippen LogP contribution in [0.5, 0.6) is 0 Å². The van der Waals surface area contributed by atoms with Crippen molar-refractivity contribution in [2.45, 2.75) is 6.42 Å². The van der Waals surface area contributed by atoms with Crippen molar-refractivity contribution < 1.29 is 9.72 Å². The van der Waals surface area contributed by atoms with Gasteiger partial charge in [-0.15, -0.1) is 0 Å². The SMILES string of the molecule is [N-]=[N+]=NCC1CC(=O)N(c2c(Br)cccc2[N+](=O)[O-])C1. The maximum atomic E-state index is 12.0. The van der Waals surface area contributed by atoms with Crippen molar-refractivity contribution in [3.05, 3.63) is 43.2 Å². The fourth-order valence-corrected chi connectivity index (χ4v) is 2.76. The Kier molecular flexibility index (Phi) is 4.21. The highest BCUT2D eigenvalue weighted by atomic mass is 79.9. The lowest BCUT2D eigenvalue weighted by atomic mass is 10.1. The zero-order chi connectivity index (χ0) is 14.7. The van der Waals surface area contributed by atoms with Gasteiger partial charge in [-0.1, -0.05) is 11.2 Å². The second-order valence-corrected chi connectivity index (χ2v) is 5.21. The summed E-state index contributed by atoms with van der Waals surface area (Å²) in [6.45, 7) is 0.512. The summed E-state index contributed by atoms with van der Waals surface area (Å²) in [5.41, 5.74) is 8.43. The molecule has 0 aliphatic carbocycles. The first kappa shape index (κ1) is 14.3. The number of benzene rings is 1. The van der Waals surface area contributed by atoms with E-state index in [0.717, 1.165) is 0 Å². The van der Waals surface area contributed by atoms with Gasteiger partial charge in [-0.05, 0) is 33.4 Å². The van der Waals surface area contributed by atoms with Gasteiger partial charge in [0.2, 0.25) is 5.91 Å². The number of carbonyl (C=O) groups is 1. The minimum Gasteiger partial charge on any atom is -0.305 e. The lowest BCUT2D eigenvalue weighted by molar-refractivity contribution is -0.384. The van der Waals surface area contributed by atoms with Crippen LogP contribution in [0.3, 0.4) is 0 Å². The van der Waals surface area contributed by atoms with E-state index >= 15 is 0 Å². The lowest BCUT2D eigenvalue weighted by Gasteiger charge is -2.17. The molecule has 1 heterocycles. The highest BCUT2D eigenvalue weighted by Crippen LogP contribution is 2.38. The van der Waals surface area contributed by atoms with E-state index in [1.807, 2.05) is 0 Å². The third kappa shape index (κ3) is 2.73. The second-order valence-electron chi connectivity index (χ2n) is 4.35. The molecular formula is C11H10BrN5O3. The van der Waals surface area contributed by atoms with Crippen LogP contribution in [0.1, 0.15) is 6.42 Å². The van der Waals surface area contributed by atoms with Gasteiger partial charge in [0.05, 0.1) is 4.92 Å². The molecule has 0 radical (unpaired) electrons. The number of azide groups is 1. The summed E-state index contributed by atoms with van der Waals surface area (Å²) in [5, 5.41) is 14.5. The molecule has 0 aromatic heterocycles. The molecular weight excluding hydrogens is 330 g/mol. The Balaban J connectivity index is 2.35. The summed E-state index contributed by atoms with van der Waals surface area (Å²) in [4.78, 5) is 26.6. The molecule has 20 heavy (non-hydrogen) atoms. The van der Waals surface area contributed by atoms with E-state index in [-0.39, 0.29) is 36.2 Å². The number of para-hydroxylation sites is 1. The van der Waals surface area contributed by atoms with Crippen molar-refractivity contribution >= 4 is 33.2 Å². The average molecular weight is 340 g/mol. The number of hydrogen-bond acceptors (Lipinski definition) is 4. The smallest absolute Gasteiger partial charge is 0.294 e. The number of nitrogens with zero attached hydrogens (tertiary/aromatic N) is 5. The highest BCUT2D eigenvalue weighted by Gasteiger charge is 2.35. The molecule has 1 atom stereocenters. The monoisotopic (exact) mass is 339 g/mol. The van der Waals surface area contributed by atoms with Crippen LogP contribution in [0.15, 0.2) is 27.8 Å². The molecule has 1 unspecified atom stereocenters. The predicted molar refractivity (Wildman–Crippen MR) is 75.3 cm³/mol. The topological polar surface area (TPSA) is 112 Å². The van der Waals surface area contributed by atoms with Crippen molar-refractivity contribution in [1.82, 2.24) is 0 Å². The first-order chi connectivity index (χ1) is 9.54. The van der Waals surface area contributed by atoms with Crippen molar-refractivity contribution in [2.75, 3.05) is 18.0 Å². The molecule has 104 valence electrons. The van der Waals surface area contributed by atoms with Gasteiger partial charge in [0.15, 0.2) is 0 Å². The van der Waals surface area contributed by atoms with Crippen LogP contribution in [0.2, 0.25) is 0 Å². The Labute approximate surface area is 122 Å². The summed E-state index contributed by atoms with van der Waals surface area (Å²) in [6, 6.07) is 4.55. The molecule has 1 amide bonds. The Morgan fingerprint density at radius 2 is 2.35 bits per heavy atom. The first-order valence-corrected chi connectivity index (χ1v) is 6.58. The number of rotatable bonds is 4. The number of carbonyl (C=O) groups excluding carboxylic acids is 1. The van der Waals surface area contributed by atoms with E-state index < -0.39 is 4.92 Å². The Morgan fingerprint density at radius 3 is 3.00 bits per heavy atom. The maximum Gasteiger partial charge on any atom is 0.294 e. The number of amides is 1. The van der Waals surface area contributed by atoms with Crippen LogP contribution < -0.4 is 4.90 Å². The highest BCUT2D eigenvalue weighted by molar-refractivity contribution is 9.10. The zero-order valence-electron chi connectivity index (χ0n) is 10.3. The standard InChI is InChI=1S/C11H10BrN5O3/c12-8-2-1-3-9(17(19)20)11(8)16-6-7(4-10(16)18)5-14-15-13/h1-3,7H,4-6H2. The van der Waals surface area contributed by atoms with Crippen molar-refractivity contribution in [2.24, 2.45) is 11.0 Å². The van der Waals surface area contributed by atoms with Gasteiger partial charge < -0.3 is 4.90 Å². The zero-order valence-corrected chi connectivity index (χ0v) is 11.9. The van der Waals surface area contributed by atoms with E-state index in [0.29, 0.717) is 11.0 Å². The molecule has 8 nitrogen and oxygen atoms in total. The fraction of sp³-hybridized carbons (Fsp3) is 0.364. The first-order valence-electron chi connectivity index (χ1n) is 5.78. The number of nitro benzene ring substituents is 1. The van der Waals surface area contributed by atoms with Gasteiger partial charge in [-0.3, -0.25) is 14.9 Å². The number of hydrogen-bond donors (Lipinski definition) is 0. The summed E-state index contributed by atoms with van der Waals surface area (Å²) < 4.78 is 0.490. The van der Waals surface area contributed by atoms with Gasteiger partial charge in [0, 0.05) is 35.0 Å². The third-order valence-electron chi connectivity index (χ3n) is 3.04. The predicted octanol–water partition coefficient (Wildman–Crippen LogP) is 3.02. The molecule has 0 bridgehead atoms. The van der Waals surface area contributed by atoms with E-state index in [2.05, 4.69) is 26.0 Å². The number of anilines is 1. The van der Waals surface area contributed by atoms with Crippen LogP contribution in [0.25, 0.3) is 10.4 Å². The van der Waals surface area contributed by atoms with E-state index in [4.69, 9.17) is 5.53 Å². The molecule has 0 saturated carbocycles. The average Bonchev–Trinajstić information content (AvgIpc) is 2.77. The summed E-state index contributed by atoms with van der Waals surface area (Å²) >= 11 is 3.25. The Morgan fingerprint density at radius 1 is 1.60 bits per heavy atom.